The molecule has 2 aromatic heterocycles. The molecule has 0 aliphatic heterocycles. The number of hydrogen-bond acceptors (Lipinski definition) is 3. The molecule has 47 heavy (non-hydrogen) atoms. The Kier molecular flexibility index (Phi) is 6.64. The van der Waals surface area contributed by atoms with Crippen molar-refractivity contribution in [1.29, 1.82) is 0 Å². The minimum absolute atomic E-state index is 0.829. The molecule has 0 saturated heterocycles. The molecule has 0 atom stereocenters. The van der Waals surface area contributed by atoms with Crippen LogP contribution in [0.3, 0.4) is 0 Å². The fraction of sp³-hybridized carbons (Fsp3) is 0. The third-order valence-electron chi connectivity index (χ3n) is 9.14. The quantitative estimate of drug-likeness (QED) is 0.139. The molecule has 9 rings (SSSR count). The molecule has 2 nitrogen and oxygen atoms in total. The van der Waals surface area contributed by atoms with Crippen molar-refractivity contribution in [3.8, 4) is 22.4 Å². The van der Waals surface area contributed by atoms with Gasteiger partial charge in [0, 0.05) is 47.0 Å². The number of pyridine rings is 1. The topological polar surface area (TPSA) is 30.0 Å². The van der Waals surface area contributed by atoms with E-state index in [1.807, 2.05) is 84.1 Å². The molecule has 0 amide bonds. The van der Waals surface area contributed by atoms with E-state index in [4.69, 9.17) is 4.98 Å². The van der Waals surface area contributed by atoms with E-state index in [0.29, 0.717) is 0 Å². The lowest BCUT2D eigenvalue weighted by molar-refractivity contribution is 0.592. The van der Waals surface area contributed by atoms with Crippen LogP contribution in [0, 0.1) is 0 Å². The first-order valence-corrected chi connectivity index (χ1v) is 18.3. The highest BCUT2D eigenvalue weighted by atomic mass is 32.1. The first-order valence-electron chi connectivity index (χ1n) is 15.7. The number of fused-ring (bicyclic) bond motifs is 6. The average molecular weight is 638 g/mol. The second-order valence-electron chi connectivity index (χ2n) is 11.9. The minimum Gasteiger partial charge on any atom is -0.309 e. The number of nitrogens with zero attached hydrogens (tertiary/aromatic N) is 1. The smallest absolute Gasteiger partial charge is 0.171 e. The van der Waals surface area contributed by atoms with Crippen molar-refractivity contribution >= 4 is 76.2 Å². The Hall–Kier alpha value is -5.34. The maximum atomic E-state index is 14.8. The molecule has 0 unspecified atom stereocenters. The van der Waals surface area contributed by atoms with Crippen LogP contribution >= 0.6 is 18.5 Å². The zero-order chi connectivity index (χ0) is 31.4. The number of thiophene rings is 1. The summed E-state index contributed by atoms with van der Waals surface area (Å²) >= 11 is 1.85. The summed E-state index contributed by atoms with van der Waals surface area (Å²) in [6.07, 6.45) is 0. The molecule has 0 saturated carbocycles. The summed E-state index contributed by atoms with van der Waals surface area (Å²) in [5.74, 6) is 0. The maximum absolute atomic E-state index is 14.8. The normalized spacial score (nSPS) is 11.9. The van der Waals surface area contributed by atoms with Gasteiger partial charge in [0.2, 0.25) is 0 Å². The summed E-state index contributed by atoms with van der Waals surface area (Å²) in [6, 6.07) is 58.3. The summed E-state index contributed by atoms with van der Waals surface area (Å²) in [5, 5.41) is 8.58. The van der Waals surface area contributed by atoms with E-state index in [0.717, 1.165) is 43.8 Å². The van der Waals surface area contributed by atoms with Gasteiger partial charge in [0.15, 0.2) is 7.14 Å². The zero-order valence-electron chi connectivity index (χ0n) is 25.4. The zero-order valence-corrected chi connectivity index (χ0v) is 27.1. The van der Waals surface area contributed by atoms with Crippen LogP contribution in [-0.2, 0) is 4.57 Å². The van der Waals surface area contributed by atoms with Crippen LogP contribution in [0.5, 0.6) is 0 Å². The fourth-order valence-electron chi connectivity index (χ4n) is 6.77. The molecular formula is C43H28NOPS. The molecule has 0 fully saturated rings. The van der Waals surface area contributed by atoms with Gasteiger partial charge in [-0.05, 0) is 40.1 Å². The third kappa shape index (κ3) is 4.62. The van der Waals surface area contributed by atoms with Gasteiger partial charge in [0.1, 0.15) is 0 Å². The van der Waals surface area contributed by atoms with Gasteiger partial charge in [-0.2, -0.15) is 0 Å². The van der Waals surface area contributed by atoms with E-state index in [9.17, 15) is 4.57 Å². The predicted molar refractivity (Wildman–Crippen MR) is 202 cm³/mol. The Morgan fingerprint density at radius 2 is 0.979 bits per heavy atom. The lowest BCUT2D eigenvalue weighted by Gasteiger charge is -2.20. The Labute approximate surface area is 277 Å². The molecule has 2 heterocycles. The van der Waals surface area contributed by atoms with Crippen molar-refractivity contribution in [2.24, 2.45) is 0 Å². The second-order valence-corrected chi connectivity index (χ2v) is 15.7. The average Bonchev–Trinajstić information content (AvgIpc) is 3.54. The number of benzene rings is 7. The Morgan fingerprint density at radius 1 is 0.468 bits per heavy atom. The Balaban J connectivity index is 1.14. The van der Waals surface area contributed by atoms with Gasteiger partial charge in [-0.15, -0.1) is 11.3 Å². The van der Waals surface area contributed by atoms with Gasteiger partial charge in [0.25, 0.3) is 0 Å². The number of rotatable bonds is 5. The van der Waals surface area contributed by atoms with E-state index < -0.39 is 7.14 Å². The molecule has 0 spiro atoms. The van der Waals surface area contributed by atoms with Gasteiger partial charge in [0.05, 0.1) is 11.2 Å². The van der Waals surface area contributed by atoms with Crippen molar-refractivity contribution in [2.75, 3.05) is 0 Å². The molecule has 4 heteroatoms. The predicted octanol–water partition coefficient (Wildman–Crippen LogP) is 10.7. The molecule has 7 aromatic carbocycles. The van der Waals surface area contributed by atoms with Crippen molar-refractivity contribution < 1.29 is 4.57 Å². The first-order chi connectivity index (χ1) is 23.2. The minimum atomic E-state index is -3.02. The molecule has 0 bridgehead atoms. The van der Waals surface area contributed by atoms with Gasteiger partial charge >= 0.3 is 0 Å². The lowest BCUT2D eigenvalue weighted by Crippen LogP contribution is -2.24. The van der Waals surface area contributed by atoms with Crippen molar-refractivity contribution in [1.82, 2.24) is 4.98 Å². The monoisotopic (exact) mass is 637 g/mol. The van der Waals surface area contributed by atoms with Gasteiger partial charge in [-0.3, -0.25) is 0 Å². The van der Waals surface area contributed by atoms with Crippen LogP contribution in [0.1, 0.15) is 0 Å². The molecular weight excluding hydrogens is 610 g/mol. The summed E-state index contributed by atoms with van der Waals surface area (Å²) in [6.45, 7) is 0. The summed E-state index contributed by atoms with van der Waals surface area (Å²) in [5.41, 5.74) is 5.30. The molecule has 0 aliphatic carbocycles. The summed E-state index contributed by atoms with van der Waals surface area (Å²) in [7, 11) is -3.02. The standard InChI is InChI=1S/C43H28NOPS/c45-46(34-13-3-1-4-14-34,35-15-5-2-6-16-35)36-25-23-30(24-26-36)29-19-21-31(22-20-29)42-41-37-17-9-10-18-40(37)47-43(41)38-27-32-11-7-8-12-33(32)28-39(38)44-42/h1-28H. The summed E-state index contributed by atoms with van der Waals surface area (Å²) in [4.78, 5) is 5.32. The van der Waals surface area contributed by atoms with Crippen molar-refractivity contribution in [3.63, 3.8) is 0 Å². The molecule has 0 N–H and O–H groups in total. The van der Waals surface area contributed by atoms with Crippen LogP contribution < -0.4 is 15.9 Å². The third-order valence-corrected chi connectivity index (χ3v) is 13.4. The summed E-state index contributed by atoms with van der Waals surface area (Å²) < 4.78 is 17.4. The number of aromatic nitrogens is 1. The highest BCUT2D eigenvalue weighted by Crippen LogP contribution is 2.45. The van der Waals surface area contributed by atoms with Crippen molar-refractivity contribution in [3.05, 3.63) is 170 Å². The van der Waals surface area contributed by atoms with Gasteiger partial charge in [-0.25, -0.2) is 4.98 Å². The van der Waals surface area contributed by atoms with E-state index in [2.05, 4.69) is 97.1 Å². The maximum Gasteiger partial charge on any atom is 0.171 e. The van der Waals surface area contributed by atoms with E-state index >= 15 is 0 Å². The highest BCUT2D eigenvalue weighted by Gasteiger charge is 2.29. The van der Waals surface area contributed by atoms with Crippen LogP contribution in [0.15, 0.2) is 170 Å². The molecule has 222 valence electrons. The van der Waals surface area contributed by atoms with Crippen LogP contribution in [0.2, 0.25) is 0 Å². The molecule has 9 aromatic rings. The second kappa shape index (κ2) is 11.2. The van der Waals surface area contributed by atoms with Crippen LogP contribution in [-0.4, -0.2) is 4.98 Å². The van der Waals surface area contributed by atoms with E-state index in [1.54, 1.807) is 0 Å². The first kappa shape index (κ1) is 27.9. The Bertz CT molecular complexity index is 2580. The lowest BCUT2D eigenvalue weighted by atomic mass is 9.98. The van der Waals surface area contributed by atoms with E-state index in [-0.39, 0.29) is 0 Å². The molecule has 0 radical (unpaired) electrons. The molecule has 0 aliphatic rings. The highest BCUT2D eigenvalue weighted by molar-refractivity contribution is 7.85. The fourth-order valence-corrected chi connectivity index (χ4v) is 10.6. The SMILES string of the molecule is O=P(c1ccccc1)(c1ccccc1)c1ccc(-c2ccc(-c3nc4cc5ccccc5cc4c4sc5ccccc5c34)cc2)cc1. The van der Waals surface area contributed by atoms with Crippen molar-refractivity contribution in [2.45, 2.75) is 0 Å². The number of hydrogen-bond donors (Lipinski definition) is 0. The van der Waals surface area contributed by atoms with Gasteiger partial charge < -0.3 is 4.57 Å². The van der Waals surface area contributed by atoms with Crippen LogP contribution in [0.25, 0.3) is 64.2 Å². The van der Waals surface area contributed by atoms with E-state index in [1.165, 1.54) is 36.3 Å². The van der Waals surface area contributed by atoms with Crippen LogP contribution in [0.4, 0.5) is 0 Å². The Morgan fingerprint density at radius 3 is 1.64 bits per heavy atom. The van der Waals surface area contributed by atoms with Gasteiger partial charge in [-0.1, -0.05) is 152 Å². The largest absolute Gasteiger partial charge is 0.309 e.